The van der Waals surface area contributed by atoms with Gasteiger partial charge in [0, 0.05) is 17.6 Å². The molecule has 0 atom stereocenters. The second kappa shape index (κ2) is 5.56. The molecule has 0 saturated heterocycles. The van der Waals surface area contributed by atoms with Gasteiger partial charge in [0.25, 0.3) is 5.56 Å². The van der Waals surface area contributed by atoms with E-state index in [9.17, 15) is 9.90 Å². The second-order valence-electron chi connectivity index (χ2n) is 5.52. The molecule has 0 aliphatic rings. The summed E-state index contributed by atoms with van der Waals surface area (Å²) in [6, 6.07) is 12.9. The molecule has 0 unspecified atom stereocenters. The van der Waals surface area contributed by atoms with Gasteiger partial charge in [0.15, 0.2) is 0 Å². The van der Waals surface area contributed by atoms with Crippen molar-refractivity contribution in [3.8, 4) is 5.75 Å². The highest BCUT2D eigenvalue weighted by atomic mass is 16.3. The van der Waals surface area contributed by atoms with Gasteiger partial charge in [-0.05, 0) is 60.7 Å². The zero-order valence-electron chi connectivity index (χ0n) is 12.6. The molecule has 3 aromatic rings. The van der Waals surface area contributed by atoms with Crippen molar-refractivity contribution in [2.24, 2.45) is 0 Å². The van der Waals surface area contributed by atoms with E-state index in [4.69, 9.17) is 0 Å². The first-order valence-electron chi connectivity index (χ1n) is 7.19. The number of benzene rings is 2. The average Bonchev–Trinajstić information content (AvgIpc) is 2.48. The van der Waals surface area contributed by atoms with Gasteiger partial charge in [0.2, 0.25) is 0 Å². The molecule has 0 spiro atoms. The van der Waals surface area contributed by atoms with Crippen LogP contribution in [0, 0.1) is 13.8 Å². The van der Waals surface area contributed by atoms with Crippen molar-refractivity contribution < 1.29 is 5.11 Å². The molecule has 0 fully saturated rings. The standard InChI is InChI=1S/C18H18N2O2/c1-11-7-13-9-14(18(22)20-16(13)8-12(11)2)10-19-15-5-3-4-6-17(15)21/h3-9,19,21H,10H2,1-2H3,(H,20,22). The molecule has 3 N–H and O–H groups in total. The molecule has 1 heterocycles. The number of fused-ring (bicyclic) bond motifs is 1. The molecule has 2 aromatic carbocycles. The van der Waals surface area contributed by atoms with Gasteiger partial charge in [-0.2, -0.15) is 0 Å². The Labute approximate surface area is 128 Å². The first kappa shape index (κ1) is 14.2. The number of aromatic hydroxyl groups is 1. The highest BCUT2D eigenvalue weighted by Crippen LogP contribution is 2.22. The molecule has 4 heteroatoms. The minimum Gasteiger partial charge on any atom is -0.506 e. The van der Waals surface area contributed by atoms with Crippen molar-refractivity contribution in [1.29, 1.82) is 0 Å². The Balaban J connectivity index is 1.94. The number of phenols is 1. The van der Waals surface area contributed by atoms with E-state index in [-0.39, 0.29) is 11.3 Å². The lowest BCUT2D eigenvalue weighted by atomic mass is 10.0. The number of pyridine rings is 1. The number of aromatic amines is 1. The first-order chi connectivity index (χ1) is 10.5. The van der Waals surface area contributed by atoms with Gasteiger partial charge in [0.05, 0.1) is 5.69 Å². The Hall–Kier alpha value is -2.75. The molecule has 1 aromatic heterocycles. The van der Waals surface area contributed by atoms with Gasteiger partial charge >= 0.3 is 0 Å². The maximum Gasteiger partial charge on any atom is 0.253 e. The summed E-state index contributed by atoms with van der Waals surface area (Å²) in [6.07, 6.45) is 0. The monoisotopic (exact) mass is 294 g/mol. The van der Waals surface area contributed by atoms with Crippen molar-refractivity contribution in [2.45, 2.75) is 20.4 Å². The second-order valence-corrected chi connectivity index (χ2v) is 5.52. The van der Waals surface area contributed by atoms with E-state index < -0.39 is 0 Å². The largest absolute Gasteiger partial charge is 0.506 e. The molecular formula is C18H18N2O2. The number of phenolic OH excluding ortho intramolecular Hbond substituents is 1. The van der Waals surface area contributed by atoms with E-state index in [0.29, 0.717) is 17.8 Å². The third-order valence-corrected chi connectivity index (χ3v) is 3.91. The quantitative estimate of drug-likeness (QED) is 0.648. The van der Waals surface area contributed by atoms with E-state index in [1.165, 1.54) is 5.56 Å². The van der Waals surface area contributed by atoms with Crippen LogP contribution in [-0.2, 0) is 6.54 Å². The number of nitrogens with one attached hydrogen (secondary N) is 2. The van der Waals surface area contributed by atoms with Gasteiger partial charge in [-0.25, -0.2) is 0 Å². The Bertz CT molecular complexity index is 897. The average molecular weight is 294 g/mol. The van der Waals surface area contributed by atoms with Crippen LogP contribution < -0.4 is 10.9 Å². The number of H-pyrrole nitrogens is 1. The summed E-state index contributed by atoms with van der Waals surface area (Å²) < 4.78 is 0. The molecule has 22 heavy (non-hydrogen) atoms. The van der Waals surface area contributed by atoms with E-state index in [1.54, 1.807) is 18.2 Å². The number of hydrogen-bond acceptors (Lipinski definition) is 3. The Morgan fingerprint density at radius 1 is 1.09 bits per heavy atom. The zero-order chi connectivity index (χ0) is 15.7. The van der Waals surface area contributed by atoms with Crippen molar-refractivity contribution in [2.75, 3.05) is 5.32 Å². The molecule has 4 nitrogen and oxygen atoms in total. The zero-order valence-corrected chi connectivity index (χ0v) is 12.6. The van der Waals surface area contributed by atoms with Gasteiger partial charge in [-0.3, -0.25) is 4.79 Å². The lowest BCUT2D eigenvalue weighted by Gasteiger charge is -2.09. The van der Waals surface area contributed by atoms with E-state index in [0.717, 1.165) is 16.5 Å². The maximum atomic E-state index is 12.2. The van der Waals surface area contributed by atoms with Crippen LogP contribution in [0.3, 0.4) is 0 Å². The maximum absolute atomic E-state index is 12.2. The van der Waals surface area contributed by atoms with Crippen LogP contribution in [0.5, 0.6) is 5.75 Å². The number of para-hydroxylation sites is 2. The molecule has 3 rings (SSSR count). The molecular weight excluding hydrogens is 276 g/mol. The number of rotatable bonds is 3. The van der Waals surface area contributed by atoms with Crippen LogP contribution in [0.2, 0.25) is 0 Å². The lowest BCUT2D eigenvalue weighted by Crippen LogP contribution is -2.15. The van der Waals surface area contributed by atoms with Crippen LogP contribution in [0.15, 0.2) is 47.3 Å². The van der Waals surface area contributed by atoms with Gasteiger partial charge in [-0.1, -0.05) is 12.1 Å². The molecule has 0 bridgehead atoms. The number of aromatic nitrogens is 1. The van der Waals surface area contributed by atoms with Gasteiger partial charge in [0.1, 0.15) is 5.75 Å². The van der Waals surface area contributed by atoms with Crippen molar-refractivity contribution >= 4 is 16.6 Å². The summed E-state index contributed by atoms with van der Waals surface area (Å²) in [5.74, 6) is 0.172. The highest BCUT2D eigenvalue weighted by molar-refractivity contribution is 5.80. The number of anilines is 1. The number of hydrogen-bond donors (Lipinski definition) is 3. The van der Waals surface area contributed by atoms with E-state index in [1.807, 2.05) is 25.1 Å². The fourth-order valence-corrected chi connectivity index (χ4v) is 2.47. The molecule has 0 aliphatic heterocycles. The SMILES string of the molecule is Cc1cc2cc(CNc3ccccc3O)c(=O)[nH]c2cc1C. The fourth-order valence-electron chi connectivity index (χ4n) is 2.47. The van der Waals surface area contributed by atoms with E-state index >= 15 is 0 Å². The minimum atomic E-state index is -0.112. The van der Waals surface area contributed by atoms with Crippen molar-refractivity contribution in [1.82, 2.24) is 4.98 Å². The molecule has 112 valence electrons. The normalized spacial score (nSPS) is 10.8. The third kappa shape index (κ3) is 2.68. The number of aryl methyl sites for hydroxylation is 2. The Kier molecular flexibility index (Phi) is 3.59. The highest BCUT2D eigenvalue weighted by Gasteiger charge is 2.06. The van der Waals surface area contributed by atoms with E-state index in [2.05, 4.69) is 23.3 Å². The van der Waals surface area contributed by atoms with Crippen molar-refractivity contribution in [3.05, 3.63) is 69.5 Å². The third-order valence-electron chi connectivity index (χ3n) is 3.91. The van der Waals surface area contributed by atoms with Crippen molar-refractivity contribution in [3.63, 3.8) is 0 Å². The molecule has 0 radical (unpaired) electrons. The fraction of sp³-hybridized carbons (Fsp3) is 0.167. The molecule has 0 amide bonds. The molecule has 0 saturated carbocycles. The summed E-state index contributed by atoms with van der Waals surface area (Å²) >= 11 is 0. The van der Waals surface area contributed by atoms with Crippen LogP contribution in [0.1, 0.15) is 16.7 Å². The predicted octanol–water partition coefficient (Wildman–Crippen LogP) is 3.46. The summed E-state index contributed by atoms with van der Waals surface area (Å²) in [7, 11) is 0. The van der Waals surface area contributed by atoms with Crippen LogP contribution in [0.25, 0.3) is 10.9 Å². The molecule has 0 aliphatic carbocycles. The van der Waals surface area contributed by atoms with Crippen LogP contribution in [0.4, 0.5) is 5.69 Å². The first-order valence-corrected chi connectivity index (χ1v) is 7.19. The van der Waals surface area contributed by atoms with Gasteiger partial charge in [-0.15, -0.1) is 0 Å². The Morgan fingerprint density at radius 2 is 1.82 bits per heavy atom. The summed E-state index contributed by atoms with van der Waals surface area (Å²) in [5.41, 5.74) is 4.33. The predicted molar refractivity (Wildman–Crippen MR) is 89.5 cm³/mol. The summed E-state index contributed by atoms with van der Waals surface area (Å²) in [5, 5.41) is 13.8. The van der Waals surface area contributed by atoms with Crippen LogP contribution >= 0.6 is 0 Å². The van der Waals surface area contributed by atoms with Gasteiger partial charge < -0.3 is 15.4 Å². The topological polar surface area (TPSA) is 65.1 Å². The Morgan fingerprint density at radius 3 is 2.59 bits per heavy atom. The summed E-state index contributed by atoms with van der Waals surface area (Å²) in [4.78, 5) is 15.1. The van der Waals surface area contributed by atoms with Crippen LogP contribution in [-0.4, -0.2) is 10.1 Å². The smallest absolute Gasteiger partial charge is 0.253 e. The lowest BCUT2D eigenvalue weighted by molar-refractivity contribution is 0.477. The summed E-state index contributed by atoms with van der Waals surface area (Å²) in [6.45, 7) is 4.44. The minimum absolute atomic E-state index is 0.112.